The Labute approximate surface area is 148 Å². The standard InChI is InChI=1S/C13H38N6P4/c1-14(2)22(15(3)4,16(5)6)20-13-21(20)23(17(7)8,18(9)10)19(11)12/h13H2,1-12H3/q+2. The molecule has 2 unspecified atom stereocenters. The Bertz CT molecular complexity index is 322. The van der Waals surface area contributed by atoms with Gasteiger partial charge in [0.15, 0.2) is 14.6 Å². The van der Waals surface area contributed by atoms with Crippen LogP contribution in [0.2, 0.25) is 0 Å². The first-order valence-electron chi connectivity index (χ1n) is 7.80. The van der Waals surface area contributed by atoms with Gasteiger partial charge in [0, 0.05) is 84.6 Å². The summed E-state index contributed by atoms with van der Waals surface area (Å²) in [5.74, 6) is 1.44. The minimum absolute atomic E-state index is 0.0129. The summed E-state index contributed by atoms with van der Waals surface area (Å²) in [5, 5.41) is 0. The zero-order chi connectivity index (χ0) is 18.3. The molecular formula is C13H38N6P4+2. The van der Waals surface area contributed by atoms with Crippen molar-refractivity contribution in [1.29, 1.82) is 0 Å². The molecule has 0 aromatic carbocycles. The lowest BCUT2D eigenvalue weighted by Gasteiger charge is -2.42. The van der Waals surface area contributed by atoms with E-state index in [1.165, 1.54) is 5.90 Å². The van der Waals surface area contributed by atoms with Gasteiger partial charge in [-0.15, -0.1) is 0 Å². The highest BCUT2D eigenvalue weighted by atomic mass is 32.7. The van der Waals surface area contributed by atoms with Crippen LogP contribution in [0.15, 0.2) is 0 Å². The molecular weight excluding hydrogens is 364 g/mol. The number of nitrogens with zero attached hydrogens (tertiary/aromatic N) is 6. The molecule has 0 spiro atoms. The van der Waals surface area contributed by atoms with Gasteiger partial charge in [-0.1, -0.05) is 0 Å². The van der Waals surface area contributed by atoms with Crippen molar-refractivity contribution in [2.45, 2.75) is 0 Å². The average molecular weight is 402 g/mol. The lowest BCUT2D eigenvalue weighted by Crippen LogP contribution is -2.34. The van der Waals surface area contributed by atoms with Gasteiger partial charge >= 0.3 is 0 Å². The van der Waals surface area contributed by atoms with Gasteiger partial charge < -0.3 is 0 Å². The molecule has 1 fully saturated rings. The van der Waals surface area contributed by atoms with E-state index in [-0.39, 0.29) is 14.6 Å². The monoisotopic (exact) mass is 402 g/mol. The summed E-state index contributed by atoms with van der Waals surface area (Å²) >= 11 is 0. The van der Waals surface area contributed by atoms with Crippen LogP contribution in [0.25, 0.3) is 0 Å². The zero-order valence-corrected chi connectivity index (χ0v) is 20.8. The molecule has 0 aliphatic carbocycles. The molecule has 10 heteroatoms. The van der Waals surface area contributed by atoms with Gasteiger partial charge in [-0.05, 0) is 0 Å². The van der Waals surface area contributed by atoms with Crippen molar-refractivity contribution in [2.75, 3.05) is 90.5 Å². The van der Waals surface area contributed by atoms with Crippen LogP contribution in [0.4, 0.5) is 0 Å². The summed E-state index contributed by atoms with van der Waals surface area (Å²) in [5.41, 5.74) is 0. The van der Waals surface area contributed by atoms with Gasteiger partial charge in [0.05, 0.1) is 5.90 Å². The van der Waals surface area contributed by atoms with Crippen LogP contribution in [0.1, 0.15) is 0 Å². The lowest BCUT2D eigenvalue weighted by atomic mass is 11.2. The number of hydrogen-bond donors (Lipinski definition) is 0. The highest BCUT2D eigenvalue weighted by Gasteiger charge is 2.79. The van der Waals surface area contributed by atoms with Gasteiger partial charge in [0.1, 0.15) is 0 Å². The first kappa shape index (κ1) is 22.5. The van der Waals surface area contributed by atoms with E-state index in [1.54, 1.807) is 0 Å². The van der Waals surface area contributed by atoms with Gasteiger partial charge in [-0.3, -0.25) is 0 Å². The van der Waals surface area contributed by atoms with Crippen molar-refractivity contribution in [3.8, 4) is 0 Å². The van der Waals surface area contributed by atoms with Gasteiger partial charge in [0.2, 0.25) is 0 Å². The van der Waals surface area contributed by atoms with E-state index in [9.17, 15) is 0 Å². The third-order valence-corrected chi connectivity index (χ3v) is 37.3. The zero-order valence-electron chi connectivity index (χ0n) is 17.2. The van der Waals surface area contributed by atoms with Crippen molar-refractivity contribution < 1.29 is 0 Å². The average Bonchev–Trinajstić information content (AvgIpc) is 3.07. The predicted octanol–water partition coefficient (Wildman–Crippen LogP) is 3.56. The van der Waals surface area contributed by atoms with E-state index in [4.69, 9.17) is 0 Å². The van der Waals surface area contributed by atoms with Crippen molar-refractivity contribution in [1.82, 2.24) is 28.0 Å². The summed E-state index contributed by atoms with van der Waals surface area (Å²) < 4.78 is 15.2. The largest absolute Gasteiger partial charge is 0.252 e. The quantitative estimate of drug-likeness (QED) is 0.575. The van der Waals surface area contributed by atoms with E-state index in [2.05, 4.69) is 113 Å². The van der Waals surface area contributed by atoms with Crippen molar-refractivity contribution in [3.63, 3.8) is 0 Å². The fourth-order valence-electron chi connectivity index (χ4n) is 3.92. The molecule has 138 valence electrons. The molecule has 1 heterocycles. The Kier molecular flexibility index (Phi) is 7.85. The van der Waals surface area contributed by atoms with E-state index in [0.29, 0.717) is 0 Å². The van der Waals surface area contributed by atoms with Crippen LogP contribution < -0.4 is 0 Å². The highest BCUT2D eigenvalue weighted by Crippen LogP contribution is 3.21. The Morgan fingerprint density at radius 1 is 0.435 bits per heavy atom. The second-order valence-corrected chi connectivity index (χ2v) is 27.5. The first-order chi connectivity index (χ1) is 10.4. The fourth-order valence-corrected chi connectivity index (χ4v) is 51.0. The van der Waals surface area contributed by atoms with Gasteiger partial charge in [-0.25, -0.2) is 0 Å². The Balaban J connectivity index is 3.34. The Morgan fingerprint density at radius 3 is 0.739 bits per heavy atom. The smallest absolute Gasteiger partial charge is 0.152 e. The number of rotatable bonds is 8. The summed E-state index contributed by atoms with van der Waals surface area (Å²) in [6.07, 6.45) is 0. The molecule has 2 atom stereocenters. The van der Waals surface area contributed by atoms with Crippen molar-refractivity contribution in [2.24, 2.45) is 0 Å². The summed E-state index contributed by atoms with van der Waals surface area (Å²) in [6.45, 7) is 0. The van der Waals surface area contributed by atoms with Crippen LogP contribution in [0.3, 0.4) is 0 Å². The normalized spacial score (nSPS) is 23.2. The van der Waals surface area contributed by atoms with Crippen LogP contribution in [0, 0.1) is 0 Å². The summed E-state index contributed by atoms with van der Waals surface area (Å²) in [6, 6.07) is 0. The molecule has 0 aromatic rings. The molecule has 0 N–H and O–H groups in total. The van der Waals surface area contributed by atoms with Gasteiger partial charge in [0.25, 0.3) is 14.8 Å². The second-order valence-electron chi connectivity index (χ2n) is 7.04. The molecule has 0 aromatic heterocycles. The van der Waals surface area contributed by atoms with Crippen LogP contribution >= 0.6 is 29.4 Å². The third-order valence-electron chi connectivity index (χ3n) is 4.27. The molecule has 0 radical (unpaired) electrons. The summed E-state index contributed by atoms with van der Waals surface area (Å²) in [7, 11) is 24.6. The number of hydrogen-bond acceptors (Lipinski definition) is 6. The first-order valence-corrected chi connectivity index (χ1v) is 16.3. The maximum Gasteiger partial charge on any atom is 0.252 e. The molecule has 1 rings (SSSR count). The Hall–Kier alpha value is 1.48. The Morgan fingerprint density at radius 2 is 0.609 bits per heavy atom. The maximum atomic E-state index is 2.54. The molecule has 6 nitrogen and oxygen atoms in total. The van der Waals surface area contributed by atoms with Crippen molar-refractivity contribution in [3.05, 3.63) is 0 Å². The molecule has 1 aliphatic rings. The van der Waals surface area contributed by atoms with Crippen LogP contribution in [-0.2, 0) is 0 Å². The van der Waals surface area contributed by atoms with E-state index >= 15 is 0 Å². The SMILES string of the molecule is CN(C)[P+](N(C)C)(N(C)C)P1CP1[P+](N(C)C)(N(C)C)N(C)C. The van der Waals surface area contributed by atoms with Crippen molar-refractivity contribution >= 4 is 29.4 Å². The third kappa shape index (κ3) is 3.52. The minimum Gasteiger partial charge on any atom is -0.152 e. The van der Waals surface area contributed by atoms with E-state index in [1.807, 2.05) is 0 Å². The fraction of sp³-hybridized carbons (Fsp3) is 1.00. The van der Waals surface area contributed by atoms with Gasteiger partial charge in [-0.2, -0.15) is 28.0 Å². The predicted molar refractivity (Wildman–Crippen MR) is 115 cm³/mol. The van der Waals surface area contributed by atoms with Crippen LogP contribution in [-0.4, -0.2) is 118 Å². The van der Waals surface area contributed by atoms with E-state index in [0.717, 1.165) is 0 Å². The van der Waals surface area contributed by atoms with E-state index < -0.39 is 14.8 Å². The molecule has 0 amide bonds. The van der Waals surface area contributed by atoms with Crippen LogP contribution in [0.5, 0.6) is 0 Å². The molecule has 23 heavy (non-hydrogen) atoms. The maximum absolute atomic E-state index is 2.54. The molecule has 1 aliphatic heterocycles. The molecule has 0 bridgehead atoms. The molecule has 0 saturated carbocycles. The lowest BCUT2D eigenvalue weighted by molar-refractivity contribution is 0.481. The minimum atomic E-state index is -1.40. The second kappa shape index (κ2) is 8.01. The highest BCUT2D eigenvalue weighted by molar-refractivity contribution is 8.90. The molecule has 1 saturated heterocycles. The summed E-state index contributed by atoms with van der Waals surface area (Å²) in [4.78, 5) is 0. The topological polar surface area (TPSA) is 19.4 Å².